The summed E-state index contributed by atoms with van der Waals surface area (Å²) in [6.07, 6.45) is 1.82. The van der Waals surface area contributed by atoms with Crippen molar-refractivity contribution in [2.24, 2.45) is 5.90 Å². The maximum absolute atomic E-state index is 4.95. The van der Waals surface area contributed by atoms with Crippen LogP contribution >= 0.6 is 0 Å². The first-order chi connectivity index (χ1) is 7.38. The average Bonchev–Trinajstić information content (AvgIpc) is 2.68. The van der Waals surface area contributed by atoms with Gasteiger partial charge in [-0.3, -0.25) is 4.84 Å². The van der Waals surface area contributed by atoms with E-state index in [2.05, 4.69) is 15.1 Å². The molecule has 2 aromatic rings. The highest BCUT2D eigenvalue weighted by Crippen LogP contribution is 2.02. The first-order valence-corrected chi connectivity index (χ1v) is 4.63. The quantitative estimate of drug-likeness (QED) is 0.745. The summed E-state index contributed by atoms with van der Waals surface area (Å²) in [4.78, 5) is 4.48. The molecule has 5 heteroatoms. The Hall–Kier alpha value is -1.72. The van der Waals surface area contributed by atoms with E-state index in [0.717, 1.165) is 5.69 Å². The lowest BCUT2D eigenvalue weighted by Crippen LogP contribution is -2.00. The van der Waals surface area contributed by atoms with Gasteiger partial charge in [0.2, 0.25) is 0 Å². The molecule has 0 unspecified atom stereocenters. The highest BCUT2D eigenvalue weighted by atomic mass is 16.6. The molecule has 5 nitrogen and oxygen atoms in total. The summed E-state index contributed by atoms with van der Waals surface area (Å²) in [5.41, 5.74) is 1.91. The average molecular weight is 204 g/mol. The minimum Gasteiger partial charge on any atom is -0.298 e. The Morgan fingerprint density at radius 2 is 2.07 bits per heavy atom. The van der Waals surface area contributed by atoms with E-state index >= 15 is 0 Å². The molecule has 0 aliphatic carbocycles. The van der Waals surface area contributed by atoms with Gasteiger partial charge in [-0.05, 0) is 5.56 Å². The van der Waals surface area contributed by atoms with Crippen molar-refractivity contribution in [1.82, 2.24) is 15.0 Å². The van der Waals surface area contributed by atoms with E-state index in [1.165, 1.54) is 5.56 Å². The number of nitrogens with zero attached hydrogens (tertiary/aromatic N) is 3. The molecule has 0 bridgehead atoms. The van der Waals surface area contributed by atoms with Crippen LogP contribution in [-0.4, -0.2) is 15.0 Å². The fourth-order valence-corrected chi connectivity index (χ4v) is 1.34. The number of aromatic nitrogens is 3. The molecule has 2 N–H and O–H groups in total. The van der Waals surface area contributed by atoms with Gasteiger partial charge in [0.25, 0.3) is 0 Å². The van der Waals surface area contributed by atoms with Crippen molar-refractivity contribution >= 4 is 0 Å². The Kier molecular flexibility index (Phi) is 3.06. The first kappa shape index (κ1) is 9.82. The molecule has 78 valence electrons. The van der Waals surface area contributed by atoms with E-state index in [1.54, 1.807) is 4.68 Å². The smallest absolute Gasteiger partial charge is 0.113 e. The Balaban J connectivity index is 2.05. The highest BCUT2D eigenvalue weighted by molar-refractivity contribution is 5.14. The van der Waals surface area contributed by atoms with E-state index < -0.39 is 0 Å². The molecule has 0 fully saturated rings. The zero-order chi connectivity index (χ0) is 10.5. The lowest BCUT2D eigenvalue weighted by atomic mass is 10.2. The van der Waals surface area contributed by atoms with Crippen LogP contribution in [0.25, 0.3) is 0 Å². The minimum atomic E-state index is 0.286. The monoisotopic (exact) mass is 204 g/mol. The summed E-state index contributed by atoms with van der Waals surface area (Å²) in [6, 6.07) is 10.1. The van der Waals surface area contributed by atoms with Crippen LogP contribution in [0.2, 0.25) is 0 Å². The van der Waals surface area contributed by atoms with Gasteiger partial charge >= 0.3 is 0 Å². The third-order valence-corrected chi connectivity index (χ3v) is 2.00. The van der Waals surface area contributed by atoms with Gasteiger partial charge in [-0.1, -0.05) is 35.5 Å². The molecule has 1 aromatic carbocycles. The fraction of sp³-hybridized carbons (Fsp3) is 0.200. The van der Waals surface area contributed by atoms with Crippen LogP contribution in [0.1, 0.15) is 11.3 Å². The summed E-state index contributed by atoms with van der Waals surface area (Å²) in [6.45, 7) is 0.993. The van der Waals surface area contributed by atoms with Crippen molar-refractivity contribution in [3.8, 4) is 0 Å². The van der Waals surface area contributed by atoms with Gasteiger partial charge in [-0.2, -0.15) is 0 Å². The lowest BCUT2D eigenvalue weighted by Gasteiger charge is -1.99. The Labute approximate surface area is 87.4 Å². The van der Waals surface area contributed by atoms with Crippen molar-refractivity contribution < 1.29 is 4.84 Å². The number of benzene rings is 1. The second-order valence-electron chi connectivity index (χ2n) is 3.20. The molecule has 0 spiro atoms. The van der Waals surface area contributed by atoms with Crippen LogP contribution in [0.15, 0.2) is 36.5 Å². The Morgan fingerprint density at radius 1 is 1.27 bits per heavy atom. The van der Waals surface area contributed by atoms with Crippen LogP contribution in [0, 0.1) is 0 Å². The molecular weight excluding hydrogens is 192 g/mol. The molecule has 0 saturated carbocycles. The van der Waals surface area contributed by atoms with Crippen LogP contribution in [0.5, 0.6) is 0 Å². The predicted molar refractivity (Wildman–Crippen MR) is 54.5 cm³/mol. The van der Waals surface area contributed by atoms with Crippen molar-refractivity contribution in [3.05, 3.63) is 47.8 Å². The standard InChI is InChI=1S/C10H12N4O/c11-15-8-10-7-14(13-12-10)6-9-4-2-1-3-5-9/h1-5,7H,6,8,11H2. The maximum Gasteiger partial charge on any atom is 0.113 e. The third-order valence-electron chi connectivity index (χ3n) is 2.00. The Bertz CT molecular complexity index is 412. The molecule has 1 aromatic heterocycles. The molecule has 0 saturated heterocycles. The number of nitrogens with two attached hydrogens (primary N) is 1. The summed E-state index contributed by atoms with van der Waals surface area (Å²) in [5.74, 6) is 4.95. The molecule has 0 atom stereocenters. The zero-order valence-electron chi connectivity index (χ0n) is 8.21. The van der Waals surface area contributed by atoms with Crippen molar-refractivity contribution in [2.45, 2.75) is 13.2 Å². The molecule has 15 heavy (non-hydrogen) atoms. The number of rotatable bonds is 4. The zero-order valence-corrected chi connectivity index (χ0v) is 8.21. The van der Waals surface area contributed by atoms with E-state index in [4.69, 9.17) is 5.90 Å². The number of hydrogen-bond donors (Lipinski definition) is 1. The molecule has 0 aliphatic heterocycles. The van der Waals surface area contributed by atoms with E-state index in [0.29, 0.717) is 6.54 Å². The molecule has 0 amide bonds. The van der Waals surface area contributed by atoms with Gasteiger partial charge in [-0.15, -0.1) is 5.10 Å². The topological polar surface area (TPSA) is 66.0 Å². The van der Waals surface area contributed by atoms with Gasteiger partial charge < -0.3 is 0 Å². The first-order valence-electron chi connectivity index (χ1n) is 4.63. The van der Waals surface area contributed by atoms with Gasteiger partial charge in [-0.25, -0.2) is 10.6 Å². The van der Waals surface area contributed by atoms with E-state index in [1.807, 2.05) is 36.5 Å². The number of hydrogen-bond acceptors (Lipinski definition) is 4. The summed E-state index contributed by atoms with van der Waals surface area (Å²) < 4.78 is 1.75. The Morgan fingerprint density at radius 3 is 2.80 bits per heavy atom. The predicted octanol–water partition coefficient (Wildman–Crippen LogP) is 0.717. The van der Waals surface area contributed by atoms with Gasteiger partial charge in [0.15, 0.2) is 0 Å². The second kappa shape index (κ2) is 4.68. The summed E-state index contributed by atoms with van der Waals surface area (Å²) >= 11 is 0. The summed E-state index contributed by atoms with van der Waals surface area (Å²) in [5, 5.41) is 7.87. The fourth-order valence-electron chi connectivity index (χ4n) is 1.34. The lowest BCUT2D eigenvalue weighted by molar-refractivity contribution is 0.121. The minimum absolute atomic E-state index is 0.286. The molecule has 1 heterocycles. The van der Waals surface area contributed by atoms with Crippen LogP contribution in [0.3, 0.4) is 0 Å². The highest BCUT2D eigenvalue weighted by Gasteiger charge is 2.00. The van der Waals surface area contributed by atoms with Crippen LogP contribution in [-0.2, 0) is 18.0 Å². The molecule has 0 aliphatic rings. The van der Waals surface area contributed by atoms with E-state index in [-0.39, 0.29) is 6.61 Å². The van der Waals surface area contributed by atoms with Crippen LogP contribution in [0.4, 0.5) is 0 Å². The second-order valence-corrected chi connectivity index (χ2v) is 3.20. The summed E-state index contributed by atoms with van der Waals surface area (Å²) in [7, 11) is 0. The van der Waals surface area contributed by atoms with Crippen molar-refractivity contribution in [1.29, 1.82) is 0 Å². The van der Waals surface area contributed by atoms with Gasteiger partial charge in [0.05, 0.1) is 12.7 Å². The van der Waals surface area contributed by atoms with Crippen molar-refractivity contribution in [3.63, 3.8) is 0 Å². The largest absolute Gasteiger partial charge is 0.298 e. The van der Waals surface area contributed by atoms with Gasteiger partial charge in [0, 0.05) is 0 Å². The maximum atomic E-state index is 4.95. The molecular formula is C10H12N4O. The van der Waals surface area contributed by atoms with Crippen molar-refractivity contribution in [2.75, 3.05) is 0 Å². The normalized spacial score (nSPS) is 10.5. The van der Waals surface area contributed by atoms with Crippen LogP contribution < -0.4 is 5.90 Å². The molecule has 0 radical (unpaired) electrons. The molecule has 2 rings (SSSR count). The third kappa shape index (κ3) is 2.61. The van der Waals surface area contributed by atoms with Gasteiger partial charge in [0.1, 0.15) is 12.3 Å². The van der Waals surface area contributed by atoms with E-state index in [9.17, 15) is 0 Å². The SMILES string of the molecule is NOCc1cn(Cc2ccccc2)nn1.